The van der Waals surface area contributed by atoms with Gasteiger partial charge in [-0.05, 0) is 36.8 Å². The third-order valence-corrected chi connectivity index (χ3v) is 3.60. The van der Waals surface area contributed by atoms with Gasteiger partial charge in [-0.3, -0.25) is 4.79 Å². The fourth-order valence-electron chi connectivity index (χ4n) is 2.29. The van der Waals surface area contributed by atoms with Gasteiger partial charge in [0, 0.05) is 0 Å². The molecule has 0 saturated carbocycles. The van der Waals surface area contributed by atoms with Gasteiger partial charge in [-0.1, -0.05) is 18.2 Å². The third kappa shape index (κ3) is 4.87. The lowest BCUT2D eigenvalue weighted by atomic mass is 10.1. The minimum atomic E-state index is -4.58. The zero-order valence-corrected chi connectivity index (χ0v) is 14.1. The number of halogens is 4. The minimum Gasteiger partial charge on any atom is -0.494 e. The Morgan fingerprint density at radius 1 is 1.15 bits per heavy atom. The Hall–Kier alpha value is -2.77. The predicted octanol–water partition coefficient (Wildman–Crippen LogP) is 4.11. The lowest BCUT2D eigenvalue weighted by molar-refractivity contribution is -0.139. The van der Waals surface area contributed by atoms with Crippen molar-refractivity contribution >= 4 is 5.91 Å². The highest BCUT2D eigenvalue weighted by molar-refractivity contribution is 5.78. The van der Waals surface area contributed by atoms with E-state index in [1.807, 2.05) is 0 Å². The molecular formula is C18H17F4NO3. The summed E-state index contributed by atoms with van der Waals surface area (Å²) in [6.07, 6.45) is -4.58. The topological polar surface area (TPSA) is 47.6 Å². The summed E-state index contributed by atoms with van der Waals surface area (Å²) < 4.78 is 62.1. The van der Waals surface area contributed by atoms with E-state index in [2.05, 4.69) is 5.32 Å². The van der Waals surface area contributed by atoms with Gasteiger partial charge in [0.05, 0.1) is 18.7 Å². The van der Waals surface area contributed by atoms with Gasteiger partial charge in [0.2, 0.25) is 0 Å². The Balaban J connectivity index is 1.98. The van der Waals surface area contributed by atoms with E-state index >= 15 is 0 Å². The number of rotatable bonds is 6. The van der Waals surface area contributed by atoms with Crippen LogP contribution in [0.25, 0.3) is 0 Å². The summed E-state index contributed by atoms with van der Waals surface area (Å²) in [5.41, 5.74) is -0.481. The van der Waals surface area contributed by atoms with Crippen LogP contribution in [0.15, 0.2) is 42.5 Å². The molecule has 0 aliphatic carbocycles. The highest BCUT2D eigenvalue weighted by Crippen LogP contribution is 2.35. The number of methoxy groups -OCH3 is 1. The fraction of sp³-hybridized carbons (Fsp3) is 0.278. The highest BCUT2D eigenvalue weighted by atomic mass is 19.4. The summed E-state index contributed by atoms with van der Waals surface area (Å²) in [7, 11) is 1.33. The molecule has 0 aliphatic rings. The quantitative estimate of drug-likeness (QED) is 0.778. The largest absolute Gasteiger partial charge is 0.494 e. The van der Waals surface area contributed by atoms with Crippen molar-refractivity contribution in [3.05, 3.63) is 59.4 Å². The first kappa shape index (κ1) is 19.6. The Morgan fingerprint density at radius 2 is 1.85 bits per heavy atom. The Labute approximate surface area is 147 Å². The summed E-state index contributed by atoms with van der Waals surface area (Å²) in [6, 6.07) is 8.26. The second kappa shape index (κ2) is 8.07. The molecule has 0 heterocycles. The summed E-state index contributed by atoms with van der Waals surface area (Å²) in [5.74, 6) is -1.58. The van der Waals surface area contributed by atoms with Crippen molar-refractivity contribution < 1.29 is 31.8 Å². The SMILES string of the molecule is COc1ccc(C(C)NC(=O)COc2ccccc2C(F)(F)F)cc1F. The van der Waals surface area contributed by atoms with Gasteiger partial charge < -0.3 is 14.8 Å². The van der Waals surface area contributed by atoms with Crippen LogP contribution in [0.4, 0.5) is 17.6 Å². The van der Waals surface area contributed by atoms with Crippen molar-refractivity contribution in [1.29, 1.82) is 0 Å². The van der Waals surface area contributed by atoms with Crippen molar-refractivity contribution in [1.82, 2.24) is 5.32 Å². The maximum Gasteiger partial charge on any atom is 0.419 e. The van der Waals surface area contributed by atoms with Crippen LogP contribution in [0.2, 0.25) is 0 Å². The zero-order chi connectivity index (χ0) is 19.3. The molecule has 0 radical (unpaired) electrons. The molecule has 26 heavy (non-hydrogen) atoms. The number of carbonyl (C=O) groups is 1. The van der Waals surface area contributed by atoms with E-state index in [0.29, 0.717) is 5.56 Å². The molecular weight excluding hydrogens is 354 g/mol. The maximum absolute atomic E-state index is 13.7. The number of hydrogen-bond acceptors (Lipinski definition) is 3. The number of para-hydroxylation sites is 1. The average Bonchev–Trinajstić information content (AvgIpc) is 2.59. The van der Waals surface area contributed by atoms with Crippen LogP contribution in [-0.2, 0) is 11.0 Å². The van der Waals surface area contributed by atoms with E-state index in [0.717, 1.165) is 12.1 Å². The summed E-state index contributed by atoms with van der Waals surface area (Å²) in [4.78, 5) is 11.9. The Morgan fingerprint density at radius 3 is 2.46 bits per heavy atom. The first-order chi connectivity index (χ1) is 12.2. The minimum absolute atomic E-state index is 0.0689. The number of hydrogen-bond donors (Lipinski definition) is 1. The molecule has 0 aliphatic heterocycles. The Bertz CT molecular complexity index is 777. The Kier molecular flexibility index (Phi) is 6.07. The molecule has 0 saturated heterocycles. The van der Waals surface area contributed by atoms with Crippen LogP contribution < -0.4 is 14.8 Å². The van der Waals surface area contributed by atoms with Gasteiger partial charge in [-0.25, -0.2) is 4.39 Å². The second-order valence-corrected chi connectivity index (χ2v) is 5.47. The van der Waals surface area contributed by atoms with Crippen molar-refractivity contribution in [3.8, 4) is 11.5 Å². The first-order valence-electron chi connectivity index (χ1n) is 7.64. The molecule has 8 heteroatoms. The highest BCUT2D eigenvalue weighted by Gasteiger charge is 2.34. The zero-order valence-electron chi connectivity index (χ0n) is 14.1. The van der Waals surface area contributed by atoms with Gasteiger partial charge in [-0.2, -0.15) is 13.2 Å². The fourth-order valence-corrected chi connectivity index (χ4v) is 2.29. The summed E-state index contributed by atoms with van der Waals surface area (Å²) in [5, 5.41) is 2.54. The standard InChI is InChI=1S/C18H17F4NO3/c1-11(12-7-8-16(25-2)14(19)9-12)23-17(24)10-26-15-6-4-3-5-13(15)18(20,21)22/h3-9,11H,10H2,1-2H3,(H,23,24). The van der Waals surface area contributed by atoms with Crippen molar-refractivity contribution in [3.63, 3.8) is 0 Å². The molecule has 0 fully saturated rings. The van der Waals surface area contributed by atoms with Crippen molar-refractivity contribution in [2.75, 3.05) is 13.7 Å². The van der Waals surface area contributed by atoms with Crippen LogP contribution in [0.5, 0.6) is 11.5 Å². The lowest BCUT2D eigenvalue weighted by Gasteiger charge is -2.17. The van der Waals surface area contributed by atoms with Crippen LogP contribution >= 0.6 is 0 Å². The van der Waals surface area contributed by atoms with Crippen molar-refractivity contribution in [2.24, 2.45) is 0 Å². The average molecular weight is 371 g/mol. The number of amides is 1. The van der Waals surface area contributed by atoms with Crippen LogP contribution in [0, 0.1) is 5.82 Å². The van der Waals surface area contributed by atoms with Crippen molar-refractivity contribution in [2.45, 2.75) is 19.1 Å². The molecule has 140 valence electrons. The lowest BCUT2D eigenvalue weighted by Crippen LogP contribution is -2.31. The number of carbonyl (C=O) groups excluding carboxylic acids is 1. The van der Waals surface area contributed by atoms with E-state index in [9.17, 15) is 22.4 Å². The monoisotopic (exact) mass is 371 g/mol. The smallest absolute Gasteiger partial charge is 0.419 e. The van der Waals surface area contributed by atoms with E-state index < -0.39 is 41.9 Å². The van der Waals surface area contributed by atoms with Crippen LogP contribution in [0.1, 0.15) is 24.1 Å². The molecule has 0 spiro atoms. The van der Waals surface area contributed by atoms with Gasteiger partial charge >= 0.3 is 6.18 Å². The second-order valence-electron chi connectivity index (χ2n) is 5.47. The molecule has 4 nitrogen and oxygen atoms in total. The summed E-state index contributed by atoms with van der Waals surface area (Å²) >= 11 is 0. The molecule has 1 amide bonds. The molecule has 1 N–H and O–H groups in total. The normalized spacial score (nSPS) is 12.4. The van der Waals surface area contributed by atoms with Gasteiger partial charge in [0.15, 0.2) is 18.2 Å². The van der Waals surface area contributed by atoms with Crippen LogP contribution in [0.3, 0.4) is 0 Å². The molecule has 2 aromatic carbocycles. The van der Waals surface area contributed by atoms with Gasteiger partial charge in [0.1, 0.15) is 5.75 Å². The molecule has 2 aromatic rings. The van der Waals surface area contributed by atoms with E-state index in [1.165, 1.54) is 31.4 Å². The summed E-state index contributed by atoms with van der Waals surface area (Å²) in [6.45, 7) is 1.01. The first-order valence-corrected chi connectivity index (χ1v) is 7.64. The number of ether oxygens (including phenoxy) is 2. The number of nitrogens with one attached hydrogen (secondary N) is 1. The van der Waals surface area contributed by atoms with E-state index in [-0.39, 0.29) is 5.75 Å². The van der Waals surface area contributed by atoms with Crippen LogP contribution in [-0.4, -0.2) is 19.6 Å². The number of alkyl halides is 3. The molecule has 2 rings (SSSR count). The third-order valence-electron chi connectivity index (χ3n) is 3.60. The van der Waals surface area contributed by atoms with Gasteiger partial charge in [0.25, 0.3) is 5.91 Å². The predicted molar refractivity (Wildman–Crippen MR) is 86.4 cm³/mol. The van der Waals surface area contributed by atoms with E-state index in [4.69, 9.17) is 9.47 Å². The van der Waals surface area contributed by atoms with E-state index in [1.54, 1.807) is 13.0 Å². The van der Waals surface area contributed by atoms with Gasteiger partial charge in [-0.15, -0.1) is 0 Å². The molecule has 1 unspecified atom stereocenters. The molecule has 0 aromatic heterocycles. The number of benzene rings is 2. The molecule has 1 atom stereocenters. The molecule has 0 bridgehead atoms. The maximum atomic E-state index is 13.7.